The molecule has 0 aromatic heterocycles. The molecule has 5 rings (SSSR count). The van der Waals surface area contributed by atoms with E-state index in [4.69, 9.17) is 0 Å². The summed E-state index contributed by atoms with van der Waals surface area (Å²) in [5.41, 5.74) is 2.78. The van der Waals surface area contributed by atoms with Crippen LogP contribution in [0.15, 0.2) is 30.4 Å². The second-order valence-electron chi connectivity index (χ2n) is 7.98. The largest absolute Gasteiger partial charge is 0.320 e. The summed E-state index contributed by atoms with van der Waals surface area (Å²) in [6.07, 6.45) is 5.43. The Balaban J connectivity index is 1.45. The number of urea groups is 1. The fourth-order valence-corrected chi connectivity index (χ4v) is 4.85. The van der Waals surface area contributed by atoms with E-state index in [9.17, 15) is 14.4 Å². The monoisotopic (exact) mass is 367 g/mol. The first-order chi connectivity index (χ1) is 12.9. The quantitative estimate of drug-likeness (QED) is 0.637. The van der Waals surface area contributed by atoms with E-state index in [1.165, 1.54) is 4.90 Å². The van der Waals surface area contributed by atoms with Crippen molar-refractivity contribution < 1.29 is 14.4 Å². The SMILES string of the molecule is Cc1ccc(NC(=O)N[C@H](C)N2C(=O)[C@H]3[C@H](C2=O)[C@H]2C=C[C@H]3CC2)c(C)c1. The lowest BCUT2D eigenvalue weighted by molar-refractivity contribution is -0.142. The van der Waals surface area contributed by atoms with Crippen LogP contribution in [0.5, 0.6) is 0 Å². The van der Waals surface area contributed by atoms with Gasteiger partial charge >= 0.3 is 6.03 Å². The second-order valence-corrected chi connectivity index (χ2v) is 7.98. The zero-order valence-corrected chi connectivity index (χ0v) is 15.9. The highest BCUT2D eigenvalue weighted by atomic mass is 16.2. The average molecular weight is 367 g/mol. The first kappa shape index (κ1) is 17.8. The molecule has 27 heavy (non-hydrogen) atoms. The average Bonchev–Trinajstić information content (AvgIpc) is 2.91. The van der Waals surface area contributed by atoms with Crippen molar-refractivity contribution in [2.75, 3.05) is 5.32 Å². The Morgan fingerprint density at radius 3 is 2.19 bits per heavy atom. The highest BCUT2D eigenvalue weighted by Gasteiger charge is 2.57. The normalized spacial score (nSPS) is 29.7. The maximum atomic E-state index is 12.9. The predicted octanol–water partition coefficient (Wildman–Crippen LogP) is 2.97. The van der Waals surface area contributed by atoms with E-state index < -0.39 is 12.2 Å². The van der Waals surface area contributed by atoms with Crippen LogP contribution in [-0.2, 0) is 9.59 Å². The number of benzene rings is 1. The first-order valence-corrected chi connectivity index (χ1v) is 9.57. The van der Waals surface area contributed by atoms with E-state index in [-0.39, 0.29) is 35.5 Å². The third-order valence-electron chi connectivity index (χ3n) is 6.15. The van der Waals surface area contributed by atoms with Gasteiger partial charge in [-0.1, -0.05) is 29.8 Å². The van der Waals surface area contributed by atoms with Crippen LogP contribution in [0.2, 0.25) is 0 Å². The number of carbonyl (C=O) groups excluding carboxylic acids is 3. The van der Waals surface area contributed by atoms with Gasteiger partial charge < -0.3 is 10.6 Å². The Morgan fingerprint density at radius 2 is 1.67 bits per heavy atom. The molecule has 0 spiro atoms. The Labute approximate surface area is 159 Å². The van der Waals surface area contributed by atoms with Crippen LogP contribution in [0.25, 0.3) is 0 Å². The van der Waals surface area contributed by atoms with Gasteiger partial charge in [0.2, 0.25) is 11.8 Å². The molecule has 142 valence electrons. The van der Waals surface area contributed by atoms with Gasteiger partial charge in [0.1, 0.15) is 6.17 Å². The molecule has 2 fully saturated rings. The first-order valence-electron chi connectivity index (χ1n) is 9.57. The van der Waals surface area contributed by atoms with Crippen molar-refractivity contribution in [3.05, 3.63) is 41.5 Å². The topological polar surface area (TPSA) is 78.5 Å². The number of amides is 4. The molecule has 2 bridgehead atoms. The minimum atomic E-state index is -0.680. The number of likely N-dealkylation sites (tertiary alicyclic amines) is 1. The molecule has 6 nitrogen and oxygen atoms in total. The third-order valence-corrected chi connectivity index (χ3v) is 6.15. The minimum absolute atomic E-state index is 0.150. The van der Waals surface area contributed by atoms with Gasteiger partial charge in [-0.3, -0.25) is 14.5 Å². The number of hydrogen-bond donors (Lipinski definition) is 2. The molecule has 1 aliphatic heterocycles. The number of nitrogens with one attached hydrogen (secondary N) is 2. The van der Waals surface area contributed by atoms with Crippen LogP contribution in [0.4, 0.5) is 10.5 Å². The molecule has 1 aromatic carbocycles. The van der Waals surface area contributed by atoms with Crippen molar-refractivity contribution in [1.29, 1.82) is 0 Å². The van der Waals surface area contributed by atoms with E-state index >= 15 is 0 Å². The van der Waals surface area contributed by atoms with E-state index in [2.05, 4.69) is 22.8 Å². The van der Waals surface area contributed by atoms with Crippen molar-refractivity contribution in [3.8, 4) is 0 Å². The number of imide groups is 1. The van der Waals surface area contributed by atoms with Gasteiger partial charge in [0, 0.05) is 5.69 Å². The molecule has 3 aliphatic carbocycles. The van der Waals surface area contributed by atoms with Crippen LogP contribution in [0.1, 0.15) is 30.9 Å². The summed E-state index contributed by atoms with van der Waals surface area (Å²) in [6, 6.07) is 5.33. The fraction of sp³-hybridized carbons (Fsp3) is 0.476. The van der Waals surface area contributed by atoms with Gasteiger partial charge in [-0.15, -0.1) is 0 Å². The number of carbonyl (C=O) groups is 3. The lowest BCUT2D eigenvalue weighted by Gasteiger charge is -2.38. The molecule has 6 heteroatoms. The lowest BCUT2D eigenvalue weighted by Crippen LogP contribution is -2.50. The Morgan fingerprint density at radius 1 is 1.07 bits per heavy atom. The minimum Gasteiger partial charge on any atom is -0.317 e. The molecule has 1 heterocycles. The Bertz CT molecular complexity index is 815. The van der Waals surface area contributed by atoms with E-state index in [1.54, 1.807) is 6.92 Å². The van der Waals surface area contributed by atoms with Crippen molar-refractivity contribution in [2.45, 2.75) is 39.8 Å². The molecule has 1 saturated heterocycles. The molecule has 4 aliphatic rings. The van der Waals surface area contributed by atoms with Crippen LogP contribution < -0.4 is 10.6 Å². The lowest BCUT2D eigenvalue weighted by atomic mass is 9.63. The van der Waals surface area contributed by atoms with Crippen LogP contribution in [-0.4, -0.2) is 28.9 Å². The van der Waals surface area contributed by atoms with Crippen molar-refractivity contribution in [1.82, 2.24) is 10.2 Å². The van der Waals surface area contributed by atoms with E-state index in [0.29, 0.717) is 5.69 Å². The summed E-state index contributed by atoms with van der Waals surface area (Å²) in [6.45, 7) is 5.60. The predicted molar refractivity (Wildman–Crippen MR) is 102 cm³/mol. The summed E-state index contributed by atoms with van der Waals surface area (Å²) >= 11 is 0. The number of hydrogen-bond acceptors (Lipinski definition) is 3. The molecule has 1 saturated carbocycles. The molecule has 5 atom stereocenters. The summed E-state index contributed by atoms with van der Waals surface area (Å²) in [4.78, 5) is 39.5. The molecule has 0 unspecified atom stereocenters. The smallest absolute Gasteiger partial charge is 0.317 e. The number of rotatable bonds is 3. The third kappa shape index (κ3) is 2.93. The van der Waals surface area contributed by atoms with Gasteiger partial charge in [0.15, 0.2) is 0 Å². The zero-order valence-electron chi connectivity index (χ0n) is 15.9. The number of nitrogens with zero attached hydrogens (tertiary/aromatic N) is 1. The number of fused-ring (bicyclic) bond motifs is 1. The van der Waals surface area contributed by atoms with Crippen LogP contribution in [0.3, 0.4) is 0 Å². The van der Waals surface area contributed by atoms with E-state index in [0.717, 1.165) is 24.0 Å². The molecule has 1 aromatic rings. The van der Waals surface area contributed by atoms with Gasteiger partial charge in [-0.05, 0) is 57.1 Å². The standard InChI is InChI=1S/C21H25N3O3/c1-11-4-9-16(12(2)10-11)23-21(27)22-13(3)24-19(25)17-14-5-6-15(8-7-14)18(17)20(24)26/h4-6,9-10,13-15,17-18H,7-8H2,1-3H3,(H2,22,23,27)/t13-,14-,15-,17+,18+/m0/s1. The van der Waals surface area contributed by atoms with Gasteiger partial charge in [0.25, 0.3) is 0 Å². The molecule has 2 N–H and O–H groups in total. The van der Waals surface area contributed by atoms with Crippen molar-refractivity contribution in [2.24, 2.45) is 23.7 Å². The number of aryl methyl sites for hydroxylation is 2. The Kier molecular flexibility index (Phi) is 4.29. The van der Waals surface area contributed by atoms with Crippen molar-refractivity contribution >= 4 is 23.5 Å². The summed E-state index contributed by atoms with van der Waals surface area (Å²) in [5.74, 6) is -0.511. The summed E-state index contributed by atoms with van der Waals surface area (Å²) in [5, 5.41) is 5.55. The molecule has 4 amide bonds. The highest BCUT2D eigenvalue weighted by molar-refractivity contribution is 6.06. The van der Waals surface area contributed by atoms with Gasteiger partial charge in [-0.2, -0.15) is 0 Å². The zero-order chi connectivity index (χ0) is 19.3. The maximum Gasteiger partial charge on any atom is 0.320 e. The highest BCUT2D eigenvalue weighted by Crippen LogP contribution is 2.49. The summed E-state index contributed by atoms with van der Waals surface area (Å²) < 4.78 is 0. The number of anilines is 1. The molecular weight excluding hydrogens is 342 g/mol. The fourth-order valence-electron chi connectivity index (χ4n) is 4.85. The molecule has 0 radical (unpaired) electrons. The van der Waals surface area contributed by atoms with Gasteiger partial charge in [0.05, 0.1) is 11.8 Å². The summed E-state index contributed by atoms with van der Waals surface area (Å²) in [7, 11) is 0. The molecular formula is C21H25N3O3. The van der Waals surface area contributed by atoms with Crippen LogP contribution in [0, 0.1) is 37.5 Å². The van der Waals surface area contributed by atoms with Gasteiger partial charge in [-0.25, -0.2) is 4.79 Å². The van der Waals surface area contributed by atoms with E-state index in [1.807, 2.05) is 32.0 Å². The number of allylic oxidation sites excluding steroid dienone is 2. The second kappa shape index (κ2) is 6.51. The van der Waals surface area contributed by atoms with Crippen LogP contribution >= 0.6 is 0 Å². The maximum absolute atomic E-state index is 12.9. The Hall–Kier alpha value is -2.63. The van der Waals surface area contributed by atoms with Crippen molar-refractivity contribution in [3.63, 3.8) is 0 Å².